The molecule has 1 aromatic carbocycles. The van der Waals surface area contributed by atoms with Gasteiger partial charge in [0.05, 0.1) is 13.2 Å². The number of amides is 1. The van der Waals surface area contributed by atoms with Crippen molar-refractivity contribution in [3.63, 3.8) is 0 Å². The number of ether oxygens (including phenoxy) is 1. The summed E-state index contributed by atoms with van der Waals surface area (Å²) in [4.78, 5) is 12.1. The average molecular weight is 246 g/mol. The standard InChI is InChI=1S/C14H18N2O2/c15-6-13(9-1-2-9)16-14(17)10-3-4-11-7-18-8-12(11)5-10/h3-5,9,13H,1-2,6-8,15H2,(H,16,17). The Balaban J connectivity index is 1.71. The van der Waals surface area contributed by atoms with Gasteiger partial charge in [0.2, 0.25) is 0 Å². The zero-order valence-electron chi connectivity index (χ0n) is 10.3. The molecule has 4 nitrogen and oxygen atoms in total. The number of benzene rings is 1. The molecule has 0 aromatic heterocycles. The van der Waals surface area contributed by atoms with Gasteiger partial charge in [0, 0.05) is 18.2 Å². The lowest BCUT2D eigenvalue weighted by molar-refractivity contribution is 0.0933. The number of fused-ring (bicyclic) bond motifs is 1. The minimum Gasteiger partial charge on any atom is -0.372 e. The Bertz CT molecular complexity index is 469. The van der Waals surface area contributed by atoms with Crippen LogP contribution in [0.2, 0.25) is 0 Å². The van der Waals surface area contributed by atoms with Crippen molar-refractivity contribution in [1.82, 2.24) is 5.32 Å². The van der Waals surface area contributed by atoms with Crippen LogP contribution in [0, 0.1) is 5.92 Å². The molecule has 3 N–H and O–H groups in total. The highest BCUT2D eigenvalue weighted by molar-refractivity contribution is 5.94. The molecule has 1 unspecified atom stereocenters. The Hall–Kier alpha value is -1.39. The number of nitrogens with two attached hydrogens (primary N) is 1. The van der Waals surface area contributed by atoms with E-state index in [9.17, 15) is 4.79 Å². The lowest BCUT2D eigenvalue weighted by Gasteiger charge is -2.16. The highest BCUT2D eigenvalue weighted by Crippen LogP contribution is 2.32. The molecule has 1 saturated carbocycles. The average Bonchev–Trinajstić information content (AvgIpc) is 3.12. The van der Waals surface area contributed by atoms with Gasteiger partial charge in [0.15, 0.2) is 0 Å². The molecule has 2 aliphatic rings. The molecule has 4 heteroatoms. The molecular formula is C14H18N2O2. The van der Waals surface area contributed by atoms with Crippen LogP contribution in [-0.2, 0) is 18.0 Å². The van der Waals surface area contributed by atoms with E-state index in [1.54, 1.807) is 0 Å². The SMILES string of the molecule is NCC(NC(=O)c1ccc2c(c1)COC2)C1CC1. The van der Waals surface area contributed by atoms with E-state index in [2.05, 4.69) is 5.32 Å². The molecule has 0 bridgehead atoms. The molecule has 0 radical (unpaired) electrons. The second-order valence-electron chi connectivity index (χ2n) is 5.13. The molecule has 1 amide bonds. The van der Waals surface area contributed by atoms with Gasteiger partial charge in [-0.2, -0.15) is 0 Å². The van der Waals surface area contributed by atoms with Gasteiger partial charge in [-0.3, -0.25) is 4.79 Å². The Labute approximate surface area is 107 Å². The lowest BCUT2D eigenvalue weighted by atomic mass is 10.1. The molecule has 1 heterocycles. The number of carbonyl (C=O) groups excluding carboxylic acids is 1. The first-order valence-electron chi connectivity index (χ1n) is 6.48. The summed E-state index contributed by atoms with van der Waals surface area (Å²) in [7, 11) is 0. The number of hydrogen-bond donors (Lipinski definition) is 2. The highest BCUT2D eigenvalue weighted by Gasteiger charge is 2.31. The van der Waals surface area contributed by atoms with Crippen molar-refractivity contribution in [2.24, 2.45) is 11.7 Å². The van der Waals surface area contributed by atoms with Crippen LogP contribution >= 0.6 is 0 Å². The van der Waals surface area contributed by atoms with Gasteiger partial charge in [0.1, 0.15) is 0 Å². The van der Waals surface area contributed by atoms with Gasteiger partial charge in [-0.05, 0) is 42.0 Å². The van der Waals surface area contributed by atoms with E-state index < -0.39 is 0 Å². The number of rotatable bonds is 4. The molecule has 1 atom stereocenters. The zero-order chi connectivity index (χ0) is 12.5. The topological polar surface area (TPSA) is 64.3 Å². The predicted octanol–water partition coefficient (Wildman–Crippen LogP) is 1.18. The second-order valence-corrected chi connectivity index (χ2v) is 5.13. The smallest absolute Gasteiger partial charge is 0.251 e. The van der Waals surface area contributed by atoms with Crippen LogP contribution < -0.4 is 11.1 Å². The second kappa shape index (κ2) is 4.71. The van der Waals surface area contributed by atoms with E-state index in [1.165, 1.54) is 18.4 Å². The molecule has 1 aliphatic heterocycles. The molecule has 1 aromatic rings. The summed E-state index contributed by atoms with van der Waals surface area (Å²) in [5.41, 5.74) is 8.71. The molecule has 1 aliphatic carbocycles. The van der Waals surface area contributed by atoms with Gasteiger partial charge in [-0.1, -0.05) is 6.07 Å². The zero-order valence-corrected chi connectivity index (χ0v) is 10.3. The number of hydrogen-bond acceptors (Lipinski definition) is 3. The van der Waals surface area contributed by atoms with E-state index in [4.69, 9.17) is 10.5 Å². The summed E-state index contributed by atoms with van der Waals surface area (Å²) in [5.74, 6) is 0.559. The molecule has 18 heavy (non-hydrogen) atoms. The van der Waals surface area contributed by atoms with Crippen LogP contribution in [0.25, 0.3) is 0 Å². The van der Waals surface area contributed by atoms with E-state index >= 15 is 0 Å². The van der Waals surface area contributed by atoms with E-state index in [0.717, 1.165) is 5.56 Å². The Morgan fingerprint density at radius 2 is 2.17 bits per heavy atom. The lowest BCUT2D eigenvalue weighted by Crippen LogP contribution is -2.41. The molecule has 96 valence electrons. The van der Waals surface area contributed by atoms with Crippen molar-refractivity contribution < 1.29 is 9.53 Å². The van der Waals surface area contributed by atoms with Gasteiger partial charge < -0.3 is 15.8 Å². The normalized spacial score (nSPS) is 19.4. The van der Waals surface area contributed by atoms with Crippen molar-refractivity contribution in [1.29, 1.82) is 0 Å². The number of carbonyl (C=O) groups is 1. The van der Waals surface area contributed by atoms with Crippen molar-refractivity contribution in [2.45, 2.75) is 32.1 Å². The third-order valence-electron chi connectivity index (χ3n) is 3.75. The molecule has 0 spiro atoms. The van der Waals surface area contributed by atoms with Crippen molar-refractivity contribution in [2.75, 3.05) is 6.54 Å². The fraction of sp³-hybridized carbons (Fsp3) is 0.500. The van der Waals surface area contributed by atoms with Gasteiger partial charge >= 0.3 is 0 Å². The number of nitrogens with one attached hydrogen (secondary N) is 1. The van der Waals surface area contributed by atoms with Gasteiger partial charge in [-0.15, -0.1) is 0 Å². The maximum atomic E-state index is 12.1. The fourth-order valence-electron chi connectivity index (χ4n) is 2.43. The largest absolute Gasteiger partial charge is 0.372 e. The molecule has 3 rings (SSSR count). The first kappa shape index (κ1) is 11.7. The summed E-state index contributed by atoms with van der Waals surface area (Å²) in [6, 6.07) is 5.90. The van der Waals surface area contributed by atoms with Crippen LogP contribution in [0.5, 0.6) is 0 Å². The van der Waals surface area contributed by atoms with E-state index in [0.29, 0.717) is 31.2 Å². The predicted molar refractivity (Wildman–Crippen MR) is 68.0 cm³/mol. The Morgan fingerprint density at radius 3 is 2.89 bits per heavy atom. The maximum Gasteiger partial charge on any atom is 0.251 e. The molecule has 1 fully saturated rings. The van der Waals surface area contributed by atoms with Crippen molar-refractivity contribution in [3.8, 4) is 0 Å². The summed E-state index contributed by atoms with van der Waals surface area (Å²) >= 11 is 0. The minimum absolute atomic E-state index is 0.0212. The van der Waals surface area contributed by atoms with Crippen molar-refractivity contribution >= 4 is 5.91 Å². The van der Waals surface area contributed by atoms with Crippen molar-refractivity contribution in [3.05, 3.63) is 34.9 Å². The molecule has 0 saturated heterocycles. The summed E-state index contributed by atoms with van der Waals surface area (Å²) in [6.45, 7) is 1.79. The van der Waals surface area contributed by atoms with Gasteiger partial charge in [0.25, 0.3) is 5.91 Å². The minimum atomic E-state index is -0.0212. The van der Waals surface area contributed by atoms with E-state index in [-0.39, 0.29) is 11.9 Å². The summed E-state index contributed by atoms with van der Waals surface area (Å²) in [5, 5.41) is 3.03. The Kier molecular flexibility index (Phi) is 3.06. The third kappa shape index (κ3) is 2.26. The van der Waals surface area contributed by atoms with E-state index in [1.807, 2.05) is 18.2 Å². The van der Waals surface area contributed by atoms with Crippen LogP contribution in [-0.4, -0.2) is 18.5 Å². The Morgan fingerprint density at radius 1 is 1.39 bits per heavy atom. The van der Waals surface area contributed by atoms with Crippen LogP contribution in [0.15, 0.2) is 18.2 Å². The molecular weight excluding hydrogens is 228 g/mol. The highest BCUT2D eigenvalue weighted by atomic mass is 16.5. The monoisotopic (exact) mass is 246 g/mol. The first-order chi connectivity index (χ1) is 8.78. The summed E-state index contributed by atoms with van der Waals surface area (Å²) in [6.07, 6.45) is 2.36. The quantitative estimate of drug-likeness (QED) is 0.838. The van der Waals surface area contributed by atoms with Crippen LogP contribution in [0.1, 0.15) is 34.3 Å². The van der Waals surface area contributed by atoms with Crippen LogP contribution in [0.3, 0.4) is 0 Å². The van der Waals surface area contributed by atoms with Gasteiger partial charge in [-0.25, -0.2) is 0 Å². The first-order valence-corrected chi connectivity index (χ1v) is 6.48. The maximum absolute atomic E-state index is 12.1. The summed E-state index contributed by atoms with van der Waals surface area (Å²) < 4.78 is 5.35. The fourth-order valence-corrected chi connectivity index (χ4v) is 2.43. The van der Waals surface area contributed by atoms with Crippen LogP contribution in [0.4, 0.5) is 0 Å². The third-order valence-corrected chi connectivity index (χ3v) is 3.75.